The Kier molecular flexibility index (Phi) is 4.95. The maximum Gasteiger partial charge on any atom is 0.335 e. The topological polar surface area (TPSA) is 66.4 Å². The fourth-order valence-electron chi connectivity index (χ4n) is 0.987. The number of amides is 1. The lowest BCUT2D eigenvalue weighted by atomic mass is 10.2. The van der Waals surface area contributed by atoms with E-state index in [2.05, 4.69) is 37.2 Å². The first kappa shape index (κ1) is 13.2. The van der Waals surface area contributed by atoms with Crippen molar-refractivity contribution in [1.82, 2.24) is 0 Å². The molecule has 0 saturated heterocycles. The molecule has 0 heterocycles. The molecule has 0 fully saturated rings. The molecule has 1 aromatic carbocycles. The van der Waals surface area contributed by atoms with Crippen LogP contribution in [0.25, 0.3) is 0 Å². The quantitative estimate of drug-likeness (QED) is 0.820. The molecule has 0 aliphatic heterocycles. The van der Waals surface area contributed by atoms with E-state index in [-0.39, 0.29) is 16.3 Å². The van der Waals surface area contributed by atoms with Gasteiger partial charge in [0.05, 0.1) is 5.56 Å². The van der Waals surface area contributed by atoms with Crippen molar-refractivity contribution in [1.29, 1.82) is 0 Å². The number of halogens is 2. The number of hydrogen-bond acceptors (Lipinski definition) is 2. The molecule has 4 nitrogen and oxygen atoms in total. The molecule has 0 spiro atoms. The van der Waals surface area contributed by atoms with Crippen LogP contribution in [-0.4, -0.2) is 27.1 Å². The predicted octanol–water partition coefficient (Wildman–Crippen LogP) is 2.48. The summed E-state index contributed by atoms with van der Waals surface area (Å²) in [5.41, 5.74) is 0.759. The van der Waals surface area contributed by atoms with Gasteiger partial charge in [-0.05, 0) is 24.3 Å². The van der Waals surface area contributed by atoms with E-state index in [9.17, 15) is 9.59 Å². The number of carboxylic acid groups (broad SMARTS) is 1. The van der Waals surface area contributed by atoms with Crippen LogP contribution in [0, 0.1) is 0 Å². The molecule has 86 valence electrons. The van der Waals surface area contributed by atoms with Crippen LogP contribution in [0.4, 0.5) is 5.69 Å². The second-order valence-corrected chi connectivity index (χ2v) is 4.75. The van der Waals surface area contributed by atoms with Gasteiger partial charge in [-0.2, -0.15) is 0 Å². The van der Waals surface area contributed by atoms with Crippen LogP contribution in [0.15, 0.2) is 24.3 Å². The lowest BCUT2D eigenvalue weighted by Gasteiger charge is -2.08. The minimum atomic E-state index is -0.989. The summed E-state index contributed by atoms with van der Waals surface area (Å²) in [4.78, 5) is 21.7. The number of carbonyl (C=O) groups excluding carboxylic acids is 1. The zero-order valence-corrected chi connectivity index (χ0v) is 11.3. The van der Waals surface area contributed by atoms with Crippen LogP contribution in [0.5, 0.6) is 0 Å². The van der Waals surface area contributed by atoms with Crippen LogP contribution in [0.1, 0.15) is 10.4 Å². The molecule has 0 saturated carbocycles. The van der Waals surface area contributed by atoms with Gasteiger partial charge in [0.25, 0.3) is 0 Å². The molecule has 0 aromatic heterocycles. The highest BCUT2D eigenvalue weighted by molar-refractivity contribution is 9.12. The van der Waals surface area contributed by atoms with E-state index in [4.69, 9.17) is 5.11 Å². The summed E-state index contributed by atoms with van der Waals surface area (Å²) in [6.07, 6.45) is 0. The van der Waals surface area contributed by atoms with Crippen molar-refractivity contribution < 1.29 is 14.7 Å². The minimum absolute atomic E-state index is 0.181. The number of carbonyl (C=O) groups is 2. The lowest BCUT2D eigenvalue weighted by Crippen LogP contribution is -2.23. The van der Waals surface area contributed by atoms with Crippen LogP contribution < -0.4 is 5.32 Å². The van der Waals surface area contributed by atoms with Gasteiger partial charge in [-0.15, -0.1) is 0 Å². The Balaban J connectivity index is 2.69. The SMILES string of the molecule is O=C(O)c1ccc(NC(=O)C(Br)CBr)cc1. The molecule has 1 atom stereocenters. The normalized spacial score (nSPS) is 11.9. The first-order chi connectivity index (χ1) is 7.54. The first-order valence-electron chi connectivity index (χ1n) is 4.39. The number of nitrogens with one attached hydrogen (secondary N) is 1. The van der Waals surface area contributed by atoms with E-state index in [1.54, 1.807) is 12.1 Å². The number of hydrogen-bond donors (Lipinski definition) is 2. The highest BCUT2D eigenvalue weighted by atomic mass is 79.9. The van der Waals surface area contributed by atoms with Crippen LogP contribution in [-0.2, 0) is 4.79 Å². The molecule has 0 radical (unpaired) electrons. The lowest BCUT2D eigenvalue weighted by molar-refractivity contribution is -0.115. The first-order valence-corrected chi connectivity index (χ1v) is 6.42. The van der Waals surface area contributed by atoms with Crippen molar-refractivity contribution >= 4 is 49.4 Å². The number of anilines is 1. The molecule has 1 unspecified atom stereocenters. The summed E-state index contributed by atoms with van der Waals surface area (Å²) in [5.74, 6) is -1.17. The zero-order valence-electron chi connectivity index (χ0n) is 8.11. The standard InChI is InChI=1S/C10H9Br2NO3/c11-5-8(12)9(14)13-7-3-1-6(2-4-7)10(15)16/h1-4,8H,5H2,(H,13,14)(H,15,16). The monoisotopic (exact) mass is 349 g/mol. The Hall–Kier alpha value is -0.880. The Bertz CT molecular complexity index is 392. The van der Waals surface area contributed by atoms with E-state index in [1.165, 1.54) is 12.1 Å². The average molecular weight is 351 g/mol. The van der Waals surface area contributed by atoms with Gasteiger partial charge < -0.3 is 10.4 Å². The number of rotatable bonds is 4. The van der Waals surface area contributed by atoms with Gasteiger partial charge in [0.2, 0.25) is 5.91 Å². The summed E-state index contributed by atoms with van der Waals surface area (Å²) in [6.45, 7) is 0. The minimum Gasteiger partial charge on any atom is -0.478 e. The molecule has 1 amide bonds. The van der Waals surface area contributed by atoms with Crippen molar-refractivity contribution in [3.8, 4) is 0 Å². The van der Waals surface area contributed by atoms with Gasteiger partial charge in [-0.3, -0.25) is 4.79 Å². The van der Waals surface area contributed by atoms with Crippen LogP contribution in [0.3, 0.4) is 0 Å². The second-order valence-electron chi connectivity index (χ2n) is 2.99. The van der Waals surface area contributed by atoms with Crippen molar-refractivity contribution in [2.75, 3.05) is 10.6 Å². The van der Waals surface area contributed by atoms with E-state index in [0.717, 1.165) is 0 Å². The third-order valence-electron chi connectivity index (χ3n) is 1.82. The molecule has 16 heavy (non-hydrogen) atoms. The van der Waals surface area contributed by atoms with E-state index in [1.807, 2.05) is 0 Å². The van der Waals surface area contributed by atoms with Crippen molar-refractivity contribution in [2.24, 2.45) is 0 Å². The van der Waals surface area contributed by atoms with Gasteiger partial charge in [-0.1, -0.05) is 31.9 Å². The molecular formula is C10H9Br2NO3. The van der Waals surface area contributed by atoms with Gasteiger partial charge in [-0.25, -0.2) is 4.79 Å². The van der Waals surface area contributed by atoms with Gasteiger partial charge >= 0.3 is 5.97 Å². The summed E-state index contributed by atoms with van der Waals surface area (Å²) < 4.78 is 0. The zero-order chi connectivity index (χ0) is 12.1. The summed E-state index contributed by atoms with van der Waals surface area (Å²) in [7, 11) is 0. The molecule has 1 rings (SSSR count). The van der Waals surface area contributed by atoms with E-state index < -0.39 is 5.97 Å². The third kappa shape index (κ3) is 3.61. The number of carboxylic acids is 1. The summed E-state index contributed by atoms with van der Waals surface area (Å²) in [6, 6.07) is 5.98. The van der Waals surface area contributed by atoms with Crippen LogP contribution >= 0.6 is 31.9 Å². The highest BCUT2D eigenvalue weighted by Gasteiger charge is 2.13. The predicted molar refractivity (Wildman–Crippen MR) is 68.5 cm³/mol. The van der Waals surface area contributed by atoms with Gasteiger partial charge in [0.1, 0.15) is 4.83 Å². The van der Waals surface area contributed by atoms with Crippen molar-refractivity contribution in [3.05, 3.63) is 29.8 Å². The fourth-order valence-corrected chi connectivity index (χ4v) is 1.40. The Morgan fingerprint density at radius 3 is 2.31 bits per heavy atom. The van der Waals surface area contributed by atoms with Gasteiger partial charge in [0.15, 0.2) is 0 Å². The smallest absolute Gasteiger partial charge is 0.335 e. The van der Waals surface area contributed by atoms with E-state index in [0.29, 0.717) is 11.0 Å². The second kappa shape index (κ2) is 6.00. The molecule has 6 heteroatoms. The third-order valence-corrected chi connectivity index (χ3v) is 4.08. The number of benzene rings is 1. The maximum absolute atomic E-state index is 11.5. The number of aromatic carboxylic acids is 1. The molecule has 0 aliphatic rings. The van der Waals surface area contributed by atoms with Crippen molar-refractivity contribution in [2.45, 2.75) is 4.83 Å². The Morgan fingerprint density at radius 1 is 1.31 bits per heavy atom. The van der Waals surface area contributed by atoms with Crippen molar-refractivity contribution in [3.63, 3.8) is 0 Å². The molecule has 2 N–H and O–H groups in total. The van der Waals surface area contributed by atoms with Crippen LogP contribution in [0.2, 0.25) is 0 Å². The van der Waals surface area contributed by atoms with E-state index >= 15 is 0 Å². The highest BCUT2D eigenvalue weighted by Crippen LogP contribution is 2.12. The molecule has 0 bridgehead atoms. The number of alkyl halides is 2. The molecule has 0 aliphatic carbocycles. The largest absolute Gasteiger partial charge is 0.478 e. The summed E-state index contributed by atoms with van der Waals surface area (Å²) >= 11 is 6.36. The Labute approximate surface area is 109 Å². The molecule has 1 aromatic rings. The van der Waals surface area contributed by atoms with Gasteiger partial charge in [0, 0.05) is 11.0 Å². The average Bonchev–Trinajstić information content (AvgIpc) is 2.28. The fraction of sp³-hybridized carbons (Fsp3) is 0.200. The summed E-state index contributed by atoms with van der Waals surface area (Å²) in [5, 5.41) is 11.8. The Morgan fingerprint density at radius 2 is 1.88 bits per heavy atom. The maximum atomic E-state index is 11.5. The molecular weight excluding hydrogens is 342 g/mol.